The van der Waals surface area contributed by atoms with Crippen LogP contribution in [0.5, 0.6) is 5.75 Å². The number of nitrogen functional groups attached to an aromatic ring is 1. The van der Waals surface area contributed by atoms with Gasteiger partial charge in [-0.3, -0.25) is 0 Å². The Kier molecular flexibility index (Phi) is 5.04. The van der Waals surface area contributed by atoms with Crippen LogP contribution in [0.4, 0.5) is 5.95 Å². The second-order valence-electron chi connectivity index (χ2n) is 9.09. The van der Waals surface area contributed by atoms with Crippen molar-refractivity contribution in [1.82, 2.24) is 34.3 Å². The molecule has 0 unspecified atom stereocenters. The predicted octanol–water partition coefficient (Wildman–Crippen LogP) is 4.40. The average molecular weight is 455 g/mol. The van der Waals surface area contributed by atoms with Gasteiger partial charge in [0.05, 0.1) is 23.8 Å². The second kappa shape index (κ2) is 7.95. The van der Waals surface area contributed by atoms with Crippen molar-refractivity contribution in [2.24, 2.45) is 0 Å². The molecule has 0 radical (unpaired) electrons. The van der Waals surface area contributed by atoms with E-state index in [0.717, 1.165) is 45.0 Å². The molecule has 9 nitrogen and oxygen atoms in total. The molecule has 2 N–H and O–H groups in total. The van der Waals surface area contributed by atoms with Crippen molar-refractivity contribution in [1.29, 1.82) is 0 Å². The summed E-state index contributed by atoms with van der Waals surface area (Å²) in [5.74, 6) is 2.50. The van der Waals surface area contributed by atoms with Crippen LogP contribution in [-0.4, -0.2) is 41.4 Å². The normalized spacial score (nSPS) is 11.8. The molecule has 0 saturated carbocycles. The highest BCUT2D eigenvalue weighted by Gasteiger charge is 2.25. The fraction of sp³-hybridized carbons (Fsp3) is 0.240. The van der Waals surface area contributed by atoms with E-state index in [0.29, 0.717) is 5.82 Å². The minimum atomic E-state index is -0.242. The second-order valence-corrected chi connectivity index (χ2v) is 9.09. The molecule has 2 aromatic carbocycles. The highest BCUT2D eigenvalue weighted by molar-refractivity contribution is 5.87. The lowest BCUT2D eigenvalue weighted by Crippen LogP contribution is -2.23. The number of hydrogen-bond acceptors (Lipinski definition) is 7. The molecule has 0 spiro atoms. The molecule has 9 heteroatoms. The molecule has 0 fully saturated rings. The van der Waals surface area contributed by atoms with Crippen LogP contribution in [-0.2, 0) is 5.54 Å². The van der Waals surface area contributed by atoms with Crippen molar-refractivity contribution in [3.8, 4) is 34.0 Å². The van der Waals surface area contributed by atoms with Crippen LogP contribution in [0.1, 0.15) is 26.6 Å². The third kappa shape index (κ3) is 3.75. The van der Waals surface area contributed by atoms with E-state index in [1.165, 1.54) is 0 Å². The predicted molar refractivity (Wildman–Crippen MR) is 132 cm³/mol. The molecule has 0 atom stereocenters. The summed E-state index contributed by atoms with van der Waals surface area (Å²) in [6.07, 6.45) is 5.15. The van der Waals surface area contributed by atoms with E-state index < -0.39 is 0 Å². The van der Waals surface area contributed by atoms with Gasteiger partial charge in [-0.1, -0.05) is 6.07 Å². The van der Waals surface area contributed by atoms with Gasteiger partial charge in [-0.05, 0) is 63.6 Å². The van der Waals surface area contributed by atoms with Gasteiger partial charge in [-0.2, -0.15) is 5.10 Å². The van der Waals surface area contributed by atoms with Crippen molar-refractivity contribution in [3.05, 3.63) is 60.9 Å². The molecule has 0 aliphatic rings. The Hall–Kier alpha value is -4.27. The molecule has 5 aromatic rings. The van der Waals surface area contributed by atoms with E-state index in [-0.39, 0.29) is 11.5 Å². The molecule has 0 aliphatic heterocycles. The molecule has 5 rings (SSSR count). The van der Waals surface area contributed by atoms with E-state index in [1.807, 2.05) is 25.1 Å². The number of aryl methyl sites for hydroxylation is 1. The number of nitrogens with two attached hydrogens (primary N) is 1. The maximum absolute atomic E-state index is 5.66. The van der Waals surface area contributed by atoms with Gasteiger partial charge in [0.2, 0.25) is 5.95 Å². The number of ether oxygens (including phenoxy) is 1. The summed E-state index contributed by atoms with van der Waals surface area (Å²) in [6, 6.07) is 12.1. The smallest absolute Gasteiger partial charge is 0.219 e. The Labute approximate surface area is 197 Å². The molecule has 0 aliphatic carbocycles. The van der Waals surface area contributed by atoms with Crippen LogP contribution in [0.25, 0.3) is 39.2 Å². The number of anilines is 1. The first-order valence-corrected chi connectivity index (χ1v) is 10.9. The lowest BCUT2D eigenvalue weighted by atomic mass is 10.0. The minimum absolute atomic E-state index is 0.242. The maximum atomic E-state index is 5.66. The number of benzene rings is 2. The van der Waals surface area contributed by atoms with E-state index in [1.54, 1.807) is 30.5 Å². The van der Waals surface area contributed by atoms with Gasteiger partial charge >= 0.3 is 0 Å². The Morgan fingerprint density at radius 3 is 2.35 bits per heavy atom. The van der Waals surface area contributed by atoms with E-state index in [2.05, 4.69) is 63.6 Å². The largest absolute Gasteiger partial charge is 0.497 e. The standard InChI is InChI=1S/C25H26N8O/c1-15-29-14-32(31-15)21-9-7-18(34-5)11-19(21)23-30-20-10-16(17-12-27-24(26)28-13-17)6-8-22(20)33(23)25(2,3)4/h6-14H,1-5H3,(H2,26,27,28). The first-order valence-electron chi connectivity index (χ1n) is 10.9. The lowest BCUT2D eigenvalue weighted by Gasteiger charge is -2.25. The first-order chi connectivity index (χ1) is 16.2. The van der Waals surface area contributed by atoms with Gasteiger partial charge in [-0.15, -0.1) is 0 Å². The van der Waals surface area contributed by atoms with Crippen LogP contribution in [0, 0.1) is 6.92 Å². The fourth-order valence-electron chi connectivity index (χ4n) is 4.09. The molecule has 0 saturated heterocycles. The van der Waals surface area contributed by atoms with Gasteiger partial charge in [0, 0.05) is 29.1 Å². The number of rotatable bonds is 4. The van der Waals surface area contributed by atoms with Gasteiger partial charge in [0.1, 0.15) is 23.7 Å². The Morgan fingerprint density at radius 2 is 1.71 bits per heavy atom. The third-order valence-corrected chi connectivity index (χ3v) is 5.63. The lowest BCUT2D eigenvalue weighted by molar-refractivity contribution is 0.410. The van der Waals surface area contributed by atoms with Crippen molar-refractivity contribution in [2.75, 3.05) is 12.8 Å². The maximum Gasteiger partial charge on any atom is 0.219 e. The number of aromatic nitrogens is 7. The summed E-state index contributed by atoms with van der Waals surface area (Å²) < 4.78 is 9.57. The summed E-state index contributed by atoms with van der Waals surface area (Å²) in [6.45, 7) is 8.36. The Bertz CT molecular complexity index is 1490. The summed E-state index contributed by atoms with van der Waals surface area (Å²) in [5, 5.41) is 4.53. The summed E-state index contributed by atoms with van der Waals surface area (Å²) in [5.41, 5.74) is 10.9. The Morgan fingerprint density at radius 1 is 0.941 bits per heavy atom. The van der Waals surface area contributed by atoms with Gasteiger partial charge < -0.3 is 15.0 Å². The van der Waals surface area contributed by atoms with Crippen molar-refractivity contribution < 1.29 is 4.74 Å². The van der Waals surface area contributed by atoms with E-state index in [9.17, 15) is 0 Å². The molecular formula is C25H26N8O. The van der Waals surface area contributed by atoms with Crippen molar-refractivity contribution in [2.45, 2.75) is 33.2 Å². The number of imidazole rings is 1. The van der Waals surface area contributed by atoms with Gasteiger partial charge in [0.15, 0.2) is 0 Å². The quantitative estimate of drug-likeness (QED) is 0.429. The summed E-state index contributed by atoms with van der Waals surface area (Å²) >= 11 is 0. The molecule has 0 amide bonds. The molecular weight excluding hydrogens is 428 g/mol. The highest BCUT2D eigenvalue weighted by Crippen LogP contribution is 2.37. The average Bonchev–Trinajstić information content (AvgIpc) is 3.42. The molecule has 3 aromatic heterocycles. The highest BCUT2D eigenvalue weighted by atomic mass is 16.5. The Balaban J connectivity index is 1.77. The number of fused-ring (bicyclic) bond motifs is 1. The summed E-state index contributed by atoms with van der Waals surface area (Å²) in [4.78, 5) is 17.7. The van der Waals surface area contributed by atoms with Crippen molar-refractivity contribution in [3.63, 3.8) is 0 Å². The zero-order valence-electron chi connectivity index (χ0n) is 19.8. The molecule has 3 heterocycles. The molecule has 172 valence electrons. The molecule has 0 bridgehead atoms. The van der Waals surface area contributed by atoms with Crippen LogP contribution >= 0.6 is 0 Å². The summed E-state index contributed by atoms with van der Waals surface area (Å²) in [7, 11) is 1.66. The van der Waals surface area contributed by atoms with Crippen LogP contribution in [0.15, 0.2) is 55.1 Å². The van der Waals surface area contributed by atoms with Crippen LogP contribution in [0.3, 0.4) is 0 Å². The first kappa shape index (κ1) is 21.6. The van der Waals surface area contributed by atoms with Gasteiger partial charge in [-0.25, -0.2) is 24.6 Å². The zero-order valence-corrected chi connectivity index (χ0v) is 19.8. The minimum Gasteiger partial charge on any atom is -0.497 e. The number of hydrogen-bond donors (Lipinski definition) is 1. The third-order valence-electron chi connectivity index (χ3n) is 5.63. The SMILES string of the molecule is COc1ccc(-n2cnc(C)n2)c(-c2nc3cc(-c4cnc(N)nc4)ccc3n2C(C)(C)C)c1. The number of nitrogens with zero attached hydrogens (tertiary/aromatic N) is 7. The number of methoxy groups -OCH3 is 1. The van der Waals surface area contributed by atoms with Gasteiger partial charge in [0.25, 0.3) is 0 Å². The van der Waals surface area contributed by atoms with E-state index >= 15 is 0 Å². The van der Waals surface area contributed by atoms with Crippen LogP contribution in [0.2, 0.25) is 0 Å². The fourth-order valence-corrected chi connectivity index (χ4v) is 4.09. The van der Waals surface area contributed by atoms with E-state index in [4.69, 9.17) is 15.5 Å². The van der Waals surface area contributed by atoms with Crippen LogP contribution < -0.4 is 10.5 Å². The monoisotopic (exact) mass is 454 g/mol. The topological polar surface area (TPSA) is 110 Å². The van der Waals surface area contributed by atoms with Crippen molar-refractivity contribution >= 4 is 17.0 Å². The molecule has 34 heavy (non-hydrogen) atoms. The zero-order chi connectivity index (χ0) is 24.0.